The van der Waals surface area contributed by atoms with Crippen molar-refractivity contribution in [1.82, 2.24) is 9.88 Å². The lowest BCUT2D eigenvalue weighted by Gasteiger charge is -2.18. The minimum atomic E-state index is -0.392. The SMILES string of the molecule is CC(=O)N(C)Cc1ccccc1NC(=O)c1ccc(Cl)nc1Cl. The van der Waals surface area contributed by atoms with Crippen LogP contribution in [0.2, 0.25) is 10.3 Å². The van der Waals surface area contributed by atoms with Crippen molar-refractivity contribution in [2.45, 2.75) is 13.5 Å². The van der Waals surface area contributed by atoms with Gasteiger partial charge in [-0.05, 0) is 23.8 Å². The van der Waals surface area contributed by atoms with Crippen LogP contribution in [-0.4, -0.2) is 28.7 Å². The quantitative estimate of drug-likeness (QED) is 0.855. The van der Waals surface area contributed by atoms with E-state index in [1.807, 2.05) is 12.1 Å². The maximum Gasteiger partial charge on any atom is 0.258 e. The molecule has 0 aliphatic carbocycles. The summed E-state index contributed by atoms with van der Waals surface area (Å²) >= 11 is 11.7. The zero-order valence-corrected chi connectivity index (χ0v) is 14.1. The van der Waals surface area contributed by atoms with Crippen LogP contribution >= 0.6 is 23.2 Å². The Hall–Kier alpha value is -2.11. The molecule has 0 unspecified atom stereocenters. The van der Waals surface area contributed by atoms with E-state index in [0.717, 1.165) is 5.56 Å². The summed E-state index contributed by atoms with van der Waals surface area (Å²) in [6.45, 7) is 1.87. The molecule has 0 aliphatic heterocycles. The van der Waals surface area contributed by atoms with Gasteiger partial charge in [-0.25, -0.2) is 4.98 Å². The summed E-state index contributed by atoms with van der Waals surface area (Å²) in [7, 11) is 1.70. The second-order valence-electron chi connectivity index (χ2n) is 4.96. The molecule has 0 saturated heterocycles. The molecule has 0 atom stereocenters. The van der Waals surface area contributed by atoms with E-state index >= 15 is 0 Å². The number of anilines is 1. The highest BCUT2D eigenvalue weighted by Gasteiger charge is 2.14. The third-order valence-electron chi connectivity index (χ3n) is 3.27. The molecule has 0 saturated carbocycles. The van der Waals surface area contributed by atoms with Crippen molar-refractivity contribution < 1.29 is 9.59 Å². The van der Waals surface area contributed by atoms with Crippen molar-refractivity contribution in [3.8, 4) is 0 Å². The van der Waals surface area contributed by atoms with E-state index in [1.54, 1.807) is 24.1 Å². The topological polar surface area (TPSA) is 62.3 Å². The zero-order valence-electron chi connectivity index (χ0n) is 12.6. The highest BCUT2D eigenvalue weighted by atomic mass is 35.5. The lowest BCUT2D eigenvalue weighted by Crippen LogP contribution is -2.24. The maximum absolute atomic E-state index is 12.4. The Bertz CT molecular complexity index is 750. The van der Waals surface area contributed by atoms with Crippen molar-refractivity contribution in [2.24, 2.45) is 0 Å². The third kappa shape index (κ3) is 4.43. The van der Waals surface area contributed by atoms with Crippen LogP contribution in [-0.2, 0) is 11.3 Å². The van der Waals surface area contributed by atoms with Crippen LogP contribution in [0.15, 0.2) is 36.4 Å². The summed E-state index contributed by atoms with van der Waals surface area (Å²) in [6.07, 6.45) is 0. The van der Waals surface area contributed by atoms with Crippen LogP contribution in [0.3, 0.4) is 0 Å². The molecule has 7 heteroatoms. The largest absolute Gasteiger partial charge is 0.342 e. The Kier molecular flexibility index (Phi) is 5.58. The van der Waals surface area contributed by atoms with E-state index < -0.39 is 5.91 Å². The van der Waals surface area contributed by atoms with Crippen molar-refractivity contribution in [3.05, 3.63) is 57.8 Å². The van der Waals surface area contributed by atoms with Gasteiger partial charge in [-0.3, -0.25) is 9.59 Å². The molecule has 0 aliphatic rings. The molecule has 2 rings (SSSR count). The molecule has 0 fully saturated rings. The Morgan fingerprint density at radius 3 is 2.52 bits per heavy atom. The van der Waals surface area contributed by atoms with Crippen molar-refractivity contribution in [1.29, 1.82) is 0 Å². The number of pyridine rings is 1. The lowest BCUT2D eigenvalue weighted by atomic mass is 10.1. The Balaban J connectivity index is 2.22. The lowest BCUT2D eigenvalue weighted by molar-refractivity contribution is -0.128. The Labute approximate surface area is 144 Å². The number of hydrogen-bond acceptors (Lipinski definition) is 3. The highest BCUT2D eigenvalue weighted by Crippen LogP contribution is 2.21. The highest BCUT2D eigenvalue weighted by molar-refractivity contribution is 6.35. The average Bonchev–Trinajstić information content (AvgIpc) is 2.48. The minimum Gasteiger partial charge on any atom is -0.342 e. The second-order valence-corrected chi connectivity index (χ2v) is 5.70. The van der Waals surface area contributed by atoms with Crippen LogP contribution in [0, 0.1) is 0 Å². The first-order chi connectivity index (χ1) is 10.9. The molecule has 5 nitrogen and oxygen atoms in total. The summed E-state index contributed by atoms with van der Waals surface area (Å²) in [5.74, 6) is -0.451. The van der Waals surface area contributed by atoms with Crippen LogP contribution in [0.5, 0.6) is 0 Å². The second kappa shape index (κ2) is 7.44. The van der Waals surface area contributed by atoms with Crippen molar-refractivity contribution >= 4 is 40.7 Å². The molecule has 2 aromatic rings. The summed E-state index contributed by atoms with van der Waals surface area (Å²) in [4.78, 5) is 29.1. The van der Waals surface area contributed by atoms with Gasteiger partial charge in [0.05, 0.1) is 5.56 Å². The fraction of sp³-hybridized carbons (Fsp3) is 0.188. The molecule has 0 spiro atoms. The summed E-state index contributed by atoms with van der Waals surface area (Å²) in [5, 5.41) is 3.04. The fourth-order valence-electron chi connectivity index (χ4n) is 1.92. The van der Waals surface area contributed by atoms with Crippen molar-refractivity contribution in [2.75, 3.05) is 12.4 Å². The van der Waals surface area contributed by atoms with Crippen LogP contribution in [0.4, 0.5) is 5.69 Å². The number of rotatable bonds is 4. The maximum atomic E-state index is 12.4. The first kappa shape index (κ1) is 17.2. The van der Waals surface area contributed by atoms with Crippen molar-refractivity contribution in [3.63, 3.8) is 0 Å². The number of benzene rings is 1. The third-order valence-corrected chi connectivity index (χ3v) is 3.77. The molecule has 1 heterocycles. The number of halogens is 2. The summed E-state index contributed by atoms with van der Waals surface area (Å²) in [6, 6.07) is 10.3. The predicted octanol–water partition coefficient (Wildman–Crippen LogP) is 3.62. The Morgan fingerprint density at radius 1 is 1.17 bits per heavy atom. The number of nitrogens with one attached hydrogen (secondary N) is 1. The van der Waals surface area contributed by atoms with Crippen LogP contribution in [0.1, 0.15) is 22.8 Å². The number of para-hydroxylation sites is 1. The van der Waals surface area contributed by atoms with Gasteiger partial charge in [0, 0.05) is 26.2 Å². The van der Waals surface area contributed by atoms with Gasteiger partial charge in [0.15, 0.2) is 0 Å². The van der Waals surface area contributed by atoms with Gasteiger partial charge in [0.25, 0.3) is 5.91 Å². The normalized spacial score (nSPS) is 10.3. The Morgan fingerprint density at radius 2 is 1.87 bits per heavy atom. The molecule has 0 bridgehead atoms. The summed E-state index contributed by atoms with van der Waals surface area (Å²) in [5.41, 5.74) is 1.65. The predicted molar refractivity (Wildman–Crippen MR) is 90.8 cm³/mol. The molecule has 1 aromatic carbocycles. The number of carbonyl (C=O) groups is 2. The standard InChI is InChI=1S/C16H15Cl2N3O2/c1-10(22)21(2)9-11-5-3-4-6-13(11)19-16(23)12-7-8-14(17)20-15(12)18/h3-8H,9H2,1-2H3,(H,19,23). The summed E-state index contributed by atoms with van der Waals surface area (Å²) < 4.78 is 0. The minimum absolute atomic E-state index is 0.0355. The van der Waals surface area contributed by atoms with Gasteiger partial charge >= 0.3 is 0 Å². The van der Waals surface area contributed by atoms with E-state index in [2.05, 4.69) is 10.3 Å². The van der Waals surface area contributed by atoms with Gasteiger partial charge in [0.2, 0.25) is 5.91 Å². The molecule has 2 amide bonds. The molecular formula is C16H15Cl2N3O2. The van der Waals surface area contributed by atoms with Crippen LogP contribution < -0.4 is 5.32 Å². The van der Waals surface area contributed by atoms with E-state index in [-0.39, 0.29) is 21.8 Å². The molecule has 0 radical (unpaired) electrons. The average molecular weight is 352 g/mol. The number of amides is 2. The molecule has 1 N–H and O–H groups in total. The van der Waals surface area contributed by atoms with Gasteiger partial charge in [-0.1, -0.05) is 41.4 Å². The number of carbonyl (C=O) groups excluding carboxylic acids is 2. The first-order valence-corrected chi connectivity index (χ1v) is 7.57. The van der Waals surface area contributed by atoms with Gasteiger partial charge in [-0.15, -0.1) is 0 Å². The number of aromatic nitrogens is 1. The van der Waals surface area contributed by atoms with Crippen LogP contribution in [0.25, 0.3) is 0 Å². The van der Waals surface area contributed by atoms with Gasteiger partial charge in [0.1, 0.15) is 10.3 Å². The van der Waals surface area contributed by atoms with E-state index in [9.17, 15) is 9.59 Å². The zero-order chi connectivity index (χ0) is 17.0. The first-order valence-electron chi connectivity index (χ1n) is 6.81. The smallest absolute Gasteiger partial charge is 0.258 e. The van der Waals surface area contributed by atoms with E-state index in [1.165, 1.54) is 19.1 Å². The molecule has 120 valence electrons. The molecule has 1 aromatic heterocycles. The molecular weight excluding hydrogens is 337 g/mol. The number of hydrogen-bond donors (Lipinski definition) is 1. The van der Waals surface area contributed by atoms with E-state index in [4.69, 9.17) is 23.2 Å². The number of nitrogens with zero attached hydrogens (tertiary/aromatic N) is 2. The molecule has 23 heavy (non-hydrogen) atoms. The van der Waals surface area contributed by atoms with Gasteiger partial charge < -0.3 is 10.2 Å². The monoisotopic (exact) mass is 351 g/mol. The fourth-order valence-corrected chi connectivity index (χ4v) is 2.35. The van der Waals surface area contributed by atoms with Gasteiger partial charge in [-0.2, -0.15) is 0 Å². The van der Waals surface area contributed by atoms with E-state index in [0.29, 0.717) is 12.2 Å².